The molecule has 0 fully saturated rings. The maximum absolute atomic E-state index is 13.8. The molecule has 0 bridgehead atoms. The minimum Gasteiger partial charge on any atom is -0.465 e. The summed E-state index contributed by atoms with van der Waals surface area (Å²) in [5.41, 5.74) is -0.123. The Morgan fingerprint density at radius 3 is 2.30 bits per heavy atom. The average molecular weight is 285 g/mol. The number of hydrogen-bond donors (Lipinski definition) is 1. The highest BCUT2D eigenvalue weighted by Crippen LogP contribution is 2.22. The molecule has 0 atom stereocenters. The molecule has 0 amide bonds. The number of methoxy groups -OCH3 is 1. The van der Waals surface area contributed by atoms with Gasteiger partial charge in [0.15, 0.2) is 0 Å². The number of esters is 1. The Bertz CT molecular complexity index is 457. The molecule has 0 aliphatic rings. The van der Waals surface area contributed by atoms with Crippen molar-refractivity contribution >= 4 is 11.7 Å². The van der Waals surface area contributed by atoms with Crippen molar-refractivity contribution in [1.82, 2.24) is 0 Å². The number of benzene rings is 1. The highest BCUT2D eigenvalue weighted by Gasteiger charge is 2.18. The first kappa shape index (κ1) is 16.4. The first-order valence-electron chi connectivity index (χ1n) is 6.87. The van der Waals surface area contributed by atoms with Gasteiger partial charge in [-0.3, -0.25) is 0 Å². The molecule has 0 aliphatic heterocycles. The maximum Gasteiger partial charge on any atom is 0.340 e. The standard InChI is InChI=1S/C15H21F2NO2/c1-4-6-10(7-5-2)18-14-8-11(15(19)20-3)12(16)9-13(14)17/h8-10,18H,4-7H2,1-3H3. The molecule has 0 unspecified atom stereocenters. The van der Waals surface area contributed by atoms with Gasteiger partial charge in [0, 0.05) is 12.1 Å². The third-order valence-corrected chi connectivity index (χ3v) is 3.10. The molecule has 0 spiro atoms. The van der Waals surface area contributed by atoms with Crippen LogP contribution in [-0.4, -0.2) is 19.1 Å². The number of carbonyl (C=O) groups is 1. The van der Waals surface area contributed by atoms with Crippen molar-refractivity contribution in [3.05, 3.63) is 29.3 Å². The Labute approximate surface area is 118 Å². The molecule has 0 saturated heterocycles. The van der Waals surface area contributed by atoms with Crippen molar-refractivity contribution in [1.29, 1.82) is 0 Å². The molecule has 1 rings (SSSR count). The van der Waals surface area contributed by atoms with E-state index >= 15 is 0 Å². The maximum atomic E-state index is 13.8. The molecule has 1 aromatic rings. The quantitative estimate of drug-likeness (QED) is 0.765. The summed E-state index contributed by atoms with van der Waals surface area (Å²) in [5.74, 6) is -2.43. The Morgan fingerprint density at radius 2 is 1.80 bits per heavy atom. The van der Waals surface area contributed by atoms with Crippen molar-refractivity contribution in [2.24, 2.45) is 0 Å². The fourth-order valence-corrected chi connectivity index (χ4v) is 2.13. The van der Waals surface area contributed by atoms with Crippen molar-refractivity contribution < 1.29 is 18.3 Å². The molecule has 0 saturated carbocycles. The second-order valence-electron chi connectivity index (χ2n) is 4.72. The molecule has 112 valence electrons. The first-order valence-corrected chi connectivity index (χ1v) is 6.87. The van der Waals surface area contributed by atoms with Gasteiger partial charge >= 0.3 is 5.97 Å². The summed E-state index contributed by atoms with van der Waals surface area (Å²) in [7, 11) is 1.16. The zero-order valence-electron chi connectivity index (χ0n) is 12.1. The molecule has 0 radical (unpaired) electrons. The number of carbonyl (C=O) groups excluding carboxylic acids is 1. The van der Waals surface area contributed by atoms with Crippen LogP contribution in [0.4, 0.5) is 14.5 Å². The molecule has 0 heterocycles. The molecule has 1 N–H and O–H groups in total. The van der Waals surface area contributed by atoms with Gasteiger partial charge in [0.1, 0.15) is 11.6 Å². The van der Waals surface area contributed by atoms with Gasteiger partial charge < -0.3 is 10.1 Å². The molecule has 0 aromatic heterocycles. The van der Waals surface area contributed by atoms with Gasteiger partial charge in [0.05, 0.1) is 18.4 Å². The minimum atomic E-state index is -0.914. The third-order valence-electron chi connectivity index (χ3n) is 3.10. The van der Waals surface area contributed by atoms with Gasteiger partial charge in [-0.2, -0.15) is 0 Å². The number of ether oxygens (including phenoxy) is 1. The number of halogens is 2. The Morgan fingerprint density at radius 1 is 1.20 bits per heavy atom. The van der Waals surface area contributed by atoms with Crippen LogP contribution in [0.1, 0.15) is 49.9 Å². The zero-order valence-corrected chi connectivity index (χ0v) is 12.1. The monoisotopic (exact) mass is 285 g/mol. The number of rotatable bonds is 7. The van der Waals surface area contributed by atoms with E-state index < -0.39 is 17.6 Å². The van der Waals surface area contributed by atoms with Crippen LogP contribution < -0.4 is 5.32 Å². The van der Waals surface area contributed by atoms with E-state index in [9.17, 15) is 13.6 Å². The van der Waals surface area contributed by atoms with Crippen LogP contribution in [0, 0.1) is 11.6 Å². The van der Waals surface area contributed by atoms with Gasteiger partial charge in [-0.1, -0.05) is 26.7 Å². The Balaban J connectivity index is 3.01. The first-order chi connectivity index (χ1) is 9.53. The topological polar surface area (TPSA) is 38.3 Å². The van der Waals surface area contributed by atoms with Crippen LogP contribution >= 0.6 is 0 Å². The van der Waals surface area contributed by atoms with E-state index in [0.717, 1.165) is 32.8 Å². The fourth-order valence-electron chi connectivity index (χ4n) is 2.13. The van der Waals surface area contributed by atoms with Gasteiger partial charge in [-0.05, 0) is 18.9 Å². The zero-order chi connectivity index (χ0) is 15.1. The highest BCUT2D eigenvalue weighted by atomic mass is 19.1. The van der Waals surface area contributed by atoms with Crippen LogP contribution in [0.15, 0.2) is 12.1 Å². The molecular weight excluding hydrogens is 264 g/mol. The van der Waals surface area contributed by atoms with Gasteiger partial charge in [-0.15, -0.1) is 0 Å². The van der Waals surface area contributed by atoms with Crippen LogP contribution in [-0.2, 0) is 4.74 Å². The van der Waals surface area contributed by atoms with E-state index in [1.807, 2.05) is 13.8 Å². The SMILES string of the molecule is CCCC(CCC)Nc1cc(C(=O)OC)c(F)cc1F. The summed E-state index contributed by atoms with van der Waals surface area (Å²) in [6.07, 6.45) is 3.70. The third kappa shape index (κ3) is 4.18. The summed E-state index contributed by atoms with van der Waals surface area (Å²) in [5, 5.41) is 3.05. The summed E-state index contributed by atoms with van der Waals surface area (Å²) < 4.78 is 31.8. The molecule has 5 heteroatoms. The van der Waals surface area contributed by atoms with Gasteiger partial charge in [0.25, 0.3) is 0 Å². The second-order valence-corrected chi connectivity index (χ2v) is 4.72. The largest absolute Gasteiger partial charge is 0.465 e. The van der Waals surface area contributed by atoms with Crippen LogP contribution in [0.5, 0.6) is 0 Å². The molecule has 20 heavy (non-hydrogen) atoms. The van der Waals surface area contributed by atoms with Crippen molar-refractivity contribution in [3.8, 4) is 0 Å². The Kier molecular flexibility index (Phi) is 6.42. The van der Waals surface area contributed by atoms with Crippen LogP contribution in [0.25, 0.3) is 0 Å². The van der Waals surface area contributed by atoms with Crippen molar-refractivity contribution in [3.63, 3.8) is 0 Å². The molecule has 0 aliphatic carbocycles. The normalized spacial score (nSPS) is 10.7. The Hall–Kier alpha value is -1.65. The molecule has 1 aromatic carbocycles. The van der Waals surface area contributed by atoms with E-state index in [1.54, 1.807) is 0 Å². The van der Waals surface area contributed by atoms with E-state index in [1.165, 1.54) is 6.07 Å². The lowest BCUT2D eigenvalue weighted by atomic mass is 10.1. The molecule has 3 nitrogen and oxygen atoms in total. The summed E-state index contributed by atoms with van der Waals surface area (Å²) in [6, 6.07) is 1.99. The van der Waals surface area contributed by atoms with E-state index in [0.29, 0.717) is 6.07 Å². The summed E-state index contributed by atoms with van der Waals surface area (Å²) >= 11 is 0. The van der Waals surface area contributed by atoms with Gasteiger partial charge in [0.2, 0.25) is 0 Å². The number of hydrogen-bond acceptors (Lipinski definition) is 3. The van der Waals surface area contributed by atoms with Crippen LogP contribution in [0.3, 0.4) is 0 Å². The highest BCUT2D eigenvalue weighted by molar-refractivity contribution is 5.90. The van der Waals surface area contributed by atoms with E-state index in [4.69, 9.17) is 0 Å². The van der Waals surface area contributed by atoms with Crippen molar-refractivity contribution in [2.45, 2.75) is 45.6 Å². The lowest BCUT2D eigenvalue weighted by Gasteiger charge is -2.19. The van der Waals surface area contributed by atoms with E-state index in [2.05, 4.69) is 10.1 Å². The van der Waals surface area contributed by atoms with E-state index in [-0.39, 0.29) is 17.3 Å². The fraction of sp³-hybridized carbons (Fsp3) is 0.533. The summed E-state index contributed by atoms with van der Waals surface area (Å²) in [6.45, 7) is 4.09. The van der Waals surface area contributed by atoms with Crippen molar-refractivity contribution in [2.75, 3.05) is 12.4 Å². The lowest BCUT2D eigenvalue weighted by Crippen LogP contribution is -2.20. The lowest BCUT2D eigenvalue weighted by molar-refractivity contribution is 0.0595. The van der Waals surface area contributed by atoms with Crippen LogP contribution in [0.2, 0.25) is 0 Å². The minimum absolute atomic E-state index is 0.107. The predicted octanol–water partition coefficient (Wildman–Crippen LogP) is 4.13. The predicted molar refractivity (Wildman–Crippen MR) is 74.9 cm³/mol. The average Bonchev–Trinajstić information content (AvgIpc) is 2.41. The molecular formula is C15H21F2NO2. The second kappa shape index (κ2) is 7.82. The van der Waals surface area contributed by atoms with Gasteiger partial charge in [-0.25, -0.2) is 13.6 Å². The number of nitrogens with one attached hydrogen (secondary N) is 1. The summed E-state index contributed by atoms with van der Waals surface area (Å²) in [4.78, 5) is 11.4. The number of anilines is 1. The smallest absolute Gasteiger partial charge is 0.340 e.